The van der Waals surface area contributed by atoms with E-state index in [1.165, 1.54) is 7.11 Å². The monoisotopic (exact) mass is 639 g/mol. The van der Waals surface area contributed by atoms with Crippen LogP contribution in [0.2, 0.25) is 0 Å². The maximum Gasteiger partial charge on any atom is 0.410 e. The number of nitrogens with zero attached hydrogens (tertiary/aromatic N) is 3. The Morgan fingerprint density at radius 1 is 1.00 bits per heavy atom. The molecular weight excluding hydrogens is 594 g/mol. The zero-order chi connectivity index (χ0) is 33.1. The maximum absolute atomic E-state index is 13.8. The predicted molar refractivity (Wildman–Crippen MR) is 177 cm³/mol. The van der Waals surface area contributed by atoms with E-state index in [1.54, 1.807) is 6.07 Å². The summed E-state index contributed by atoms with van der Waals surface area (Å²) in [5, 5.41) is 3.92. The molecule has 2 aromatic carbocycles. The van der Waals surface area contributed by atoms with Crippen molar-refractivity contribution in [1.82, 2.24) is 14.4 Å². The highest BCUT2D eigenvalue weighted by atomic mass is 32.2. The van der Waals surface area contributed by atoms with E-state index in [2.05, 4.69) is 21.0 Å². The average molecular weight is 640 g/mol. The number of carbonyl (C=O) groups excluding carboxylic acids is 2. The van der Waals surface area contributed by atoms with E-state index >= 15 is 0 Å². The third-order valence-electron chi connectivity index (χ3n) is 8.43. The Kier molecular flexibility index (Phi) is 8.37. The molecule has 2 aliphatic rings. The fraction of sp³-hybridized carbons (Fsp3) is 0.515. The number of nitrogens with one attached hydrogen (secondary N) is 2. The molecule has 3 heterocycles. The van der Waals surface area contributed by atoms with E-state index in [-0.39, 0.29) is 40.9 Å². The van der Waals surface area contributed by atoms with Crippen molar-refractivity contribution >= 4 is 44.3 Å². The maximum atomic E-state index is 13.8. The molecule has 0 unspecified atom stereocenters. The number of ether oxygens (including phenoxy) is 2. The van der Waals surface area contributed by atoms with Crippen LogP contribution in [0.3, 0.4) is 0 Å². The molecule has 12 heteroatoms. The van der Waals surface area contributed by atoms with Crippen molar-refractivity contribution in [3.8, 4) is 5.75 Å². The average Bonchev–Trinajstić information content (AvgIpc) is 3.59. The summed E-state index contributed by atoms with van der Waals surface area (Å²) in [7, 11) is -0.287. The van der Waals surface area contributed by atoms with Crippen molar-refractivity contribution in [1.29, 1.82) is 0 Å². The number of hydrogen-bond acceptors (Lipinski definition) is 7. The van der Waals surface area contributed by atoms with Crippen molar-refractivity contribution in [2.45, 2.75) is 77.6 Å². The first-order valence-corrected chi connectivity index (χ1v) is 17.1. The smallest absolute Gasteiger partial charge is 0.410 e. The highest BCUT2D eigenvalue weighted by molar-refractivity contribution is 7.92. The van der Waals surface area contributed by atoms with Gasteiger partial charge in [-0.1, -0.05) is 39.0 Å². The molecule has 2 amide bonds. The number of benzene rings is 2. The Morgan fingerprint density at radius 2 is 1.69 bits per heavy atom. The number of anilines is 2. The number of hydrogen-bond donors (Lipinski definition) is 2. The number of aromatic nitrogens is 1. The molecule has 244 valence electrons. The molecule has 0 saturated carbocycles. The predicted octanol–water partition coefficient (Wildman–Crippen LogP) is 5.30. The molecule has 45 heavy (non-hydrogen) atoms. The van der Waals surface area contributed by atoms with Crippen molar-refractivity contribution in [2.24, 2.45) is 7.05 Å². The zero-order valence-electron chi connectivity index (χ0n) is 27.6. The van der Waals surface area contributed by atoms with E-state index in [9.17, 15) is 18.0 Å². The van der Waals surface area contributed by atoms with E-state index in [1.807, 2.05) is 82.3 Å². The summed E-state index contributed by atoms with van der Waals surface area (Å²) in [6, 6.07) is 11.9. The topological polar surface area (TPSA) is 122 Å². The first-order chi connectivity index (χ1) is 20.8. The summed E-state index contributed by atoms with van der Waals surface area (Å²) in [4.78, 5) is 30.8. The molecule has 2 aliphatic heterocycles. The van der Waals surface area contributed by atoms with Gasteiger partial charge in [0.25, 0.3) is 5.91 Å². The van der Waals surface area contributed by atoms with E-state index < -0.39 is 15.6 Å². The number of sulfonamides is 1. The van der Waals surface area contributed by atoms with Crippen LogP contribution in [0, 0.1) is 0 Å². The van der Waals surface area contributed by atoms with Gasteiger partial charge in [0.2, 0.25) is 10.0 Å². The molecule has 0 radical (unpaired) electrons. The molecule has 2 fully saturated rings. The van der Waals surface area contributed by atoms with Gasteiger partial charge >= 0.3 is 6.09 Å². The second-order valence-corrected chi connectivity index (χ2v) is 16.0. The number of likely N-dealkylation sites (tertiary alicyclic amines) is 2. The molecule has 2 N–H and O–H groups in total. The van der Waals surface area contributed by atoms with E-state index in [0.717, 1.165) is 41.3 Å². The zero-order valence-corrected chi connectivity index (χ0v) is 28.5. The molecule has 0 aliphatic carbocycles. The highest BCUT2D eigenvalue weighted by Gasteiger charge is 2.46. The van der Waals surface area contributed by atoms with E-state index in [4.69, 9.17) is 9.47 Å². The Balaban J connectivity index is 1.40. The van der Waals surface area contributed by atoms with Crippen LogP contribution in [0.25, 0.3) is 10.9 Å². The lowest BCUT2D eigenvalue weighted by molar-refractivity contribution is 0.0124. The minimum atomic E-state index is -3.60. The number of para-hydroxylation sites is 1. The van der Waals surface area contributed by atoms with Crippen molar-refractivity contribution in [3.05, 3.63) is 53.2 Å². The summed E-state index contributed by atoms with van der Waals surface area (Å²) in [5.41, 5.74) is 3.11. The van der Waals surface area contributed by atoms with Crippen LogP contribution in [0.4, 0.5) is 16.2 Å². The molecule has 2 atom stereocenters. The molecule has 2 saturated heterocycles. The third kappa shape index (κ3) is 6.91. The Bertz CT molecular complexity index is 1750. The second kappa shape index (κ2) is 11.5. The normalized spacial score (nSPS) is 18.8. The highest BCUT2D eigenvalue weighted by Crippen LogP contribution is 2.40. The molecular formula is C33H45N5O6S. The second-order valence-electron chi connectivity index (χ2n) is 14.2. The number of carbonyl (C=O) groups is 2. The van der Waals surface area contributed by atoms with Gasteiger partial charge < -0.3 is 24.3 Å². The lowest BCUT2D eigenvalue weighted by Gasteiger charge is -2.35. The van der Waals surface area contributed by atoms with Gasteiger partial charge in [-0.2, -0.15) is 0 Å². The summed E-state index contributed by atoms with van der Waals surface area (Å²) in [5.74, 6) is -0.117. The van der Waals surface area contributed by atoms with Crippen LogP contribution in [0.1, 0.15) is 69.6 Å². The van der Waals surface area contributed by atoms with Crippen LogP contribution >= 0.6 is 0 Å². The third-order valence-corrected chi connectivity index (χ3v) is 9.02. The van der Waals surface area contributed by atoms with Crippen LogP contribution in [-0.2, 0) is 33.8 Å². The van der Waals surface area contributed by atoms with Gasteiger partial charge in [0.1, 0.15) is 11.3 Å². The fourth-order valence-corrected chi connectivity index (χ4v) is 6.94. The van der Waals surface area contributed by atoms with Gasteiger partial charge in [-0.15, -0.1) is 0 Å². The molecule has 5 rings (SSSR count). The van der Waals surface area contributed by atoms with Gasteiger partial charge in [0.05, 0.1) is 30.3 Å². The van der Waals surface area contributed by atoms with Crippen LogP contribution in [-0.4, -0.2) is 78.9 Å². The minimum absolute atomic E-state index is 0.125. The Morgan fingerprint density at radius 3 is 2.27 bits per heavy atom. The fourth-order valence-electron chi connectivity index (χ4n) is 6.39. The first kappa shape index (κ1) is 32.6. The Labute approximate surface area is 265 Å². The first-order valence-electron chi connectivity index (χ1n) is 15.2. The summed E-state index contributed by atoms with van der Waals surface area (Å²) < 4.78 is 39.9. The number of piperazine rings is 1. The molecule has 1 aromatic heterocycles. The van der Waals surface area contributed by atoms with Gasteiger partial charge in [0.15, 0.2) is 5.75 Å². The molecule has 0 spiro atoms. The van der Waals surface area contributed by atoms with Crippen LogP contribution in [0.15, 0.2) is 36.4 Å². The van der Waals surface area contributed by atoms with Gasteiger partial charge in [-0.25, -0.2) is 13.2 Å². The quantitative estimate of drug-likeness (QED) is 0.360. The molecule has 2 bridgehead atoms. The van der Waals surface area contributed by atoms with Crippen LogP contribution < -0.4 is 14.8 Å². The van der Waals surface area contributed by atoms with Crippen molar-refractivity contribution in [3.63, 3.8) is 0 Å². The number of methoxy groups -OCH3 is 1. The standard InChI is InChI=1S/C33H45N5O6S/c1-32(2,3)22-14-25(29(43-8)26(15-22)35-45(9,41)42)34-30(39)27-13-20-11-10-12-21(28(20)36(27)7)17-37-18-24-16-23(37)19-38(24)31(40)44-33(4,5)6/h10-15,23-24,35H,16-19H2,1-9H3,(H,34,39)/t23-,24-/m0/s1. The summed E-state index contributed by atoms with van der Waals surface area (Å²) in [6.07, 6.45) is 1.74. The van der Waals surface area contributed by atoms with E-state index in [0.29, 0.717) is 24.5 Å². The van der Waals surface area contributed by atoms with Crippen molar-refractivity contribution in [2.75, 3.05) is 36.5 Å². The van der Waals surface area contributed by atoms with Gasteiger partial charge in [0, 0.05) is 44.2 Å². The lowest BCUT2D eigenvalue weighted by atomic mass is 9.86. The molecule has 3 aromatic rings. The Hall–Kier alpha value is -3.77. The van der Waals surface area contributed by atoms with Crippen LogP contribution in [0.5, 0.6) is 5.75 Å². The van der Waals surface area contributed by atoms with Gasteiger partial charge in [-0.05, 0) is 61.9 Å². The largest absolute Gasteiger partial charge is 0.492 e. The summed E-state index contributed by atoms with van der Waals surface area (Å²) >= 11 is 0. The van der Waals surface area contributed by atoms with Crippen molar-refractivity contribution < 1.29 is 27.5 Å². The van der Waals surface area contributed by atoms with Gasteiger partial charge in [-0.3, -0.25) is 14.4 Å². The number of amides is 2. The lowest BCUT2D eigenvalue weighted by Crippen LogP contribution is -2.49. The number of fused-ring (bicyclic) bond motifs is 3. The summed E-state index contributed by atoms with van der Waals surface area (Å²) in [6.45, 7) is 13.8. The SMILES string of the molecule is COc1c(NC(=O)c2cc3cccc(CN4C[C@@H]5C[C@H]4CN5C(=O)OC(C)(C)C)c3n2C)cc(C(C)(C)C)cc1NS(C)(=O)=O. The minimum Gasteiger partial charge on any atom is -0.492 e. The number of rotatable bonds is 7. The number of aryl methyl sites for hydroxylation is 1. The molecule has 11 nitrogen and oxygen atoms in total.